The predicted octanol–water partition coefficient (Wildman–Crippen LogP) is 1.94. The predicted molar refractivity (Wildman–Crippen MR) is 70.3 cm³/mol. The van der Waals surface area contributed by atoms with Gasteiger partial charge in [0, 0.05) is 24.6 Å². The molecule has 5 nitrogen and oxygen atoms in total. The first-order valence-corrected chi connectivity index (χ1v) is 6.01. The van der Waals surface area contributed by atoms with Crippen LogP contribution in [0.3, 0.4) is 0 Å². The number of aromatic nitrogens is 2. The first-order valence-electron chi connectivity index (χ1n) is 6.01. The van der Waals surface area contributed by atoms with Crippen LogP contribution >= 0.6 is 0 Å². The SMILES string of the molecule is CCOCCNc1nc(C(C)C)nc(N)c1C. The highest BCUT2D eigenvalue weighted by Crippen LogP contribution is 2.20. The van der Waals surface area contributed by atoms with Crippen molar-refractivity contribution < 1.29 is 4.74 Å². The summed E-state index contributed by atoms with van der Waals surface area (Å²) in [4.78, 5) is 8.75. The van der Waals surface area contributed by atoms with Crippen molar-refractivity contribution in [3.63, 3.8) is 0 Å². The molecular formula is C12H22N4O. The number of anilines is 2. The summed E-state index contributed by atoms with van der Waals surface area (Å²) in [6.45, 7) is 10.1. The van der Waals surface area contributed by atoms with Crippen LogP contribution in [-0.2, 0) is 4.74 Å². The Morgan fingerprint density at radius 2 is 2.06 bits per heavy atom. The largest absolute Gasteiger partial charge is 0.383 e. The molecular weight excluding hydrogens is 216 g/mol. The van der Waals surface area contributed by atoms with Gasteiger partial charge in [0.05, 0.1) is 6.61 Å². The summed E-state index contributed by atoms with van der Waals surface area (Å²) in [6, 6.07) is 0. The van der Waals surface area contributed by atoms with Crippen molar-refractivity contribution in [2.24, 2.45) is 0 Å². The number of ether oxygens (including phenoxy) is 1. The second-order valence-electron chi connectivity index (χ2n) is 4.22. The molecule has 3 N–H and O–H groups in total. The van der Waals surface area contributed by atoms with Gasteiger partial charge in [0.15, 0.2) is 0 Å². The maximum Gasteiger partial charge on any atom is 0.135 e. The molecule has 0 unspecified atom stereocenters. The standard InChI is InChI=1S/C12H22N4O/c1-5-17-7-6-14-12-9(4)10(13)15-11(16-12)8(2)3/h8H,5-7H2,1-4H3,(H3,13,14,15,16). The van der Waals surface area contributed by atoms with E-state index >= 15 is 0 Å². The Hall–Kier alpha value is -1.36. The van der Waals surface area contributed by atoms with Gasteiger partial charge in [-0.05, 0) is 13.8 Å². The van der Waals surface area contributed by atoms with E-state index in [1.54, 1.807) is 0 Å². The minimum Gasteiger partial charge on any atom is -0.383 e. The van der Waals surface area contributed by atoms with E-state index in [0.29, 0.717) is 12.4 Å². The van der Waals surface area contributed by atoms with Crippen molar-refractivity contribution in [3.8, 4) is 0 Å². The van der Waals surface area contributed by atoms with E-state index in [4.69, 9.17) is 10.5 Å². The maximum absolute atomic E-state index is 5.87. The number of hydrogen-bond acceptors (Lipinski definition) is 5. The number of rotatable bonds is 6. The Kier molecular flexibility index (Phi) is 5.15. The zero-order valence-electron chi connectivity index (χ0n) is 11.1. The van der Waals surface area contributed by atoms with E-state index in [-0.39, 0.29) is 5.92 Å². The molecule has 0 aliphatic heterocycles. The molecule has 17 heavy (non-hydrogen) atoms. The van der Waals surface area contributed by atoms with Gasteiger partial charge in [0.2, 0.25) is 0 Å². The number of nitrogen functional groups attached to an aromatic ring is 1. The minimum atomic E-state index is 0.269. The lowest BCUT2D eigenvalue weighted by atomic mass is 10.2. The second-order valence-corrected chi connectivity index (χ2v) is 4.22. The summed E-state index contributed by atoms with van der Waals surface area (Å²) in [5.74, 6) is 2.39. The highest BCUT2D eigenvalue weighted by atomic mass is 16.5. The van der Waals surface area contributed by atoms with Gasteiger partial charge in [-0.25, -0.2) is 9.97 Å². The molecule has 1 aromatic rings. The summed E-state index contributed by atoms with van der Waals surface area (Å²) in [6.07, 6.45) is 0. The zero-order chi connectivity index (χ0) is 12.8. The van der Waals surface area contributed by atoms with Gasteiger partial charge in [-0.15, -0.1) is 0 Å². The number of nitrogens with one attached hydrogen (secondary N) is 1. The molecule has 1 rings (SSSR count). The van der Waals surface area contributed by atoms with Crippen molar-refractivity contribution in [2.75, 3.05) is 30.8 Å². The molecule has 0 amide bonds. The molecule has 0 spiro atoms. The van der Waals surface area contributed by atoms with Crippen molar-refractivity contribution in [3.05, 3.63) is 11.4 Å². The fourth-order valence-corrected chi connectivity index (χ4v) is 1.37. The lowest BCUT2D eigenvalue weighted by Gasteiger charge is -2.13. The quantitative estimate of drug-likeness (QED) is 0.741. The van der Waals surface area contributed by atoms with Crippen molar-refractivity contribution in [1.82, 2.24) is 9.97 Å². The Labute approximate surface area is 103 Å². The van der Waals surface area contributed by atoms with Gasteiger partial charge in [0.25, 0.3) is 0 Å². The van der Waals surface area contributed by atoms with Gasteiger partial charge in [-0.2, -0.15) is 0 Å². The van der Waals surface area contributed by atoms with E-state index in [9.17, 15) is 0 Å². The van der Waals surface area contributed by atoms with Gasteiger partial charge < -0.3 is 15.8 Å². The third-order valence-corrected chi connectivity index (χ3v) is 2.46. The second kappa shape index (κ2) is 6.39. The van der Waals surface area contributed by atoms with Crippen LogP contribution in [0.5, 0.6) is 0 Å². The average molecular weight is 238 g/mol. The van der Waals surface area contributed by atoms with Crippen LogP contribution in [-0.4, -0.2) is 29.7 Å². The smallest absolute Gasteiger partial charge is 0.135 e. The average Bonchev–Trinajstić information content (AvgIpc) is 2.29. The van der Waals surface area contributed by atoms with Crippen LogP contribution in [0.4, 0.5) is 11.6 Å². The fourth-order valence-electron chi connectivity index (χ4n) is 1.37. The summed E-state index contributed by atoms with van der Waals surface area (Å²) in [5.41, 5.74) is 6.76. The topological polar surface area (TPSA) is 73.1 Å². The van der Waals surface area contributed by atoms with Gasteiger partial charge in [-0.1, -0.05) is 13.8 Å². The lowest BCUT2D eigenvalue weighted by molar-refractivity contribution is 0.158. The van der Waals surface area contributed by atoms with Crippen LogP contribution in [0.25, 0.3) is 0 Å². The Balaban J connectivity index is 2.75. The van der Waals surface area contributed by atoms with Crippen LogP contribution in [0.2, 0.25) is 0 Å². The summed E-state index contributed by atoms with van der Waals surface area (Å²) >= 11 is 0. The molecule has 1 aromatic heterocycles. The van der Waals surface area contributed by atoms with Crippen molar-refractivity contribution in [1.29, 1.82) is 0 Å². The van der Waals surface area contributed by atoms with Crippen LogP contribution < -0.4 is 11.1 Å². The van der Waals surface area contributed by atoms with E-state index in [1.165, 1.54) is 0 Å². The Morgan fingerprint density at radius 3 is 2.65 bits per heavy atom. The molecule has 96 valence electrons. The van der Waals surface area contributed by atoms with E-state index < -0.39 is 0 Å². The molecule has 0 radical (unpaired) electrons. The molecule has 5 heteroatoms. The molecule has 0 aliphatic carbocycles. The van der Waals surface area contributed by atoms with E-state index in [0.717, 1.165) is 30.4 Å². The van der Waals surface area contributed by atoms with Crippen LogP contribution in [0, 0.1) is 6.92 Å². The molecule has 0 saturated carbocycles. The summed E-state index contributed by atoms with van der Waals surface area (Å²) in [5, 5.41) is 3.23. The van der Waals surface area contributed by atoms with Crippen molar-refractivity contribution in [2.45, 2.75) is 33.6 Å². The van der Waals surface area contributed by atoms with Crippen molar-refractivity contribution >= 4 is 11.6 Å². The monoisotopic (exact) mass is 238 g/mol. The minimum absolute atomic E-state index is 0.269. The molecule has 1 heterocycles. The highest BCUT2D eigenvalue weighted by Gasteiger charge is 2.10. The van der Waals surface area contributed by atoms with E-state index in [1.807, 2.05) is 27.7 Å². The van der Waals surface area contributed by atoms with Gasteiger partial charge in [0.1, 0.15) is 17.5 Å². The number of hydrogen-bond donors (Lipinski definition) is 2. The maximum atomic E-state index is 5.87. The first-order chi connectivity index (χ1) is 8.06. The summed E-state index contributed by atoms with van der Waals surface area (Å²) < 4.78 is 5.27. The number of nitrogens with two attached hydrogens (primary N) is 1. The molecule has 0 aliphatic rings. The lowest BCUT2D eigenvalue weighted by Crippen LogP contribution is -2.14. The fraction of sp³-hybridized carbons (Fsp3) is 0.667. The normalized spacial score (nSPS) is 10.9. The molecule has 0 fully saturated rings. The zero-order valence-corrected chi connectivity index (χ0v) is 11.1. The first kappa shape index (κ1) is 13.7. The molecule has 0 saturated heterocycles. The van der Waals surface area contributed by atoms with Gasteiger partial charge >= 0.3 is 0 Å². The van der Waals surface area contributed by atoms with Gasteiger partial charge in [-0.3, -0.25) is 0 Å². The third-order valence-electron chi connectivity index (χ3n) is 2.46. The molecule has 0 aromatic carbocycles. The number of nitrogens with zero attached hydrogens (tertiary/aromatic N) is 2. The van der Waals surface area contributed by atoms with Crippen LogP contribution in [0.1, 0.15) is 38.1 Å². The Bertz CT molecular complexity index is 366. The van der Waals surface area contributed by atoms with E-state index in [2.05, 4.69) is 15.3 Å². The third kappa shape index (κ3) is 3.85. The van der Waals surface area contributed by atoms with Crippen LogP contribution in [0.15, 0.2) is 0 Å². The highest BCUT2D eigenvalue weighted by molar-refractivity contribution is 5.54. The Morgan fingerprint density at radius 1 is 1.35 bits per heavy atom. The molecule has 0 bridgehead atoms. The summed E-state index contributed by atoms with van der Waals surface area (Å²) in [7, 11) is 0. The molecule has 0 atom stereocenters.